The normalized spacial score (nSPS) is 12.2. The van der Waals surface area contributed by atoms with Crippen LogP contribution in [0.4, 0.5) is 0 Å². The third-order valence-electron chi connectivity index (χ3n) is 2.61. The van der Waals surface area contributed by atoms with Crippen molar-refractivity contribution in [2.24, 2.45) is 5.73 Å². The van der Waals surface area contributed by atoms with Gasteiger partial charge in [0, 0.05) is 37.3 Å². The monoisotopic (exact) mass is 253 g/mol. The zero-order chi connectivity index (χ0) is 13.4. The standard InChI is InChI=1S/C14H23NO3/c1-4-17-8-5-9-18-14-10-12(16-3)6-7-13(14)11(2)15/h6-7,10-11H,4-5,8-9,15H2,1-3H3/t11-/m1/s1. The number of ether oxygens (including phenoxy) is 3. The van der Waals surface area contributed by atoms with Crippen LogP contribution in [0.25, 0.3) is 0 Å². The van der Waals surface area contributed by atoms with Gasteiger partial charge in [-0.2, -0.15) is 0 Å². The van der Waals surface area contributed by atoms with Crippen LogP contribution in [-0.2, 0) is 4.74 Å². The smallest absolute Gasteiger partial charge is 0.127 e. The van der Waals surface area contributed by atoms with Gasteiger partial charge < -0.3 is 19.9 Å². The molecule has 1 aromatic rings. The third kappa shape index (κ3) is 4.55. The van der Waals surface area contributed by atoms with E-state index in [1.165, 1.54) is 0 Å². The molecule has 0 heterocycles. The van der Waals surface area contributed by atoms with Crippen molar-refractivity contribution in [3.8, 4) is 11.5 Å². The maximum Gasteiger partial charge on any atom is 0.127 e. The first kappa shape index (κ1) is 14.8. The first-order valence-corrected chi connectivity index (χ1v) is 6.33. The van der Waals surface area contributed by atoms with Crippen LogP contribution in [-0.4, -0.2) is 26.9 Å². The third-order valence-corrected chi connectivity index (χ3v) is 2.61. The average Bonchev–Trinajstić information content (AvgIpc) is 2.38. The molecule has 1 rings (SSSR count). The molecule has 0 saturated heterocycles. The zero-order valence-corrected chi connectivity index (χ0v) is 11.4. The van der Waals surface area contributed by atoms with Crippen LogP contribution in [0.1, 0.15) is 31.9 Å². The molecule has 1 atom stereocenters. The van der Waals surface area contributed by atoms with Gasteiger partial charge in [0.2, 0.25) is 0 Å². The van der Waals surface area contributed by atoms with Crippen molar-refractivity contribution in [2.45, 2.75) is 26.3 Å². The minimum Gasteiger partial charge on any atom is -0.497 e. The summed E-state index contributed by atoms with van der Waals surface area (Å²) in [6, 6.07) is 5.66. The summed E-state index contributed by atoms with van der Waals surface area (Å²) in [7, 11) is 1.64. The fraction of sp³-hybridized carbons (Fsp3) is 0.571. The highest BCUT2D eigenvalue weighted by atomic mass is 16.5. The summed E-state index contributed by atoms with van der Waals surface area (Å²) < 4.78 is 16.2. The quantitative estimate of drug-likeness (QED) is 0.723. The Labute approximate surface area is 109 Å². The first-order valence-electron chi connectivity index (χ1n) is 6.33. The second kappa shape index (κ2) is 7.95. The van der Waals surface area contributed by atoms with Crippen molar-refractivity contribution in [2.75, 3.05) is 26.9 Å². The SMILES string of the molecule is CCOCCCOc1cc(OC)ccc1[C@@H](C)N. The molecule has 0 unspecified atom stereocenters. The summed E-state index contributed by atoms with van der Waals surface area (Å²) >= 11 is 0. The largest absolute Gasteiger partial charge is 0.497 e. The van der Waals surface area contributed by atoms with E-state index >= 15 is 0 Å². The Kier molecular flexibility index (Phi) is 6.54. The minimum atomic E-state index is -0.0576. The Balaban J connectivity index is 2.60. The number of hydrogen-bond acceptors (Lipinski definition) is 4. The molecular formula is C14H23NO3. The molecule has 0 radical (unpaired) electrons. The van der Waals surface area contributed by atoms with Crippen LogP contribution in [0, 0.1) is 0 Å². The van der Waals surface area contributed by atoms with E-state index < -0.39 is 0 Å². The van der Waals surface area contributed by atoms with E-state index in [-0.39, 0.29) is 6.04 Å². The lowest BCUT2D eigenvalue weighted by molar-refractivity contribution is 0.130. The maximum atomic E-state index is 5.91. The van der Waals surface area contributed by atoms with Crippen LogP contribution in [0.5, 0.6) is 11.5 Å². The van der Waals surface area contributed by atoms with E-state index in [9.17, 15) is 0 Å². The van der Waals surface area contributed by atoms with Gasteiger partial charge in [0.25, 0.3) is 0 Å². The Morgan fingerprint density at radius 3 is 2.67 bits per heavy atom. The number of rotatable bonds is 8. The molecule has 2 N–H and O–H groups in total. The van der Waals surface area contributed by atoms with Gasteiger partial charge in [-0.25, -0.2) is 0 Å². The van der Waals surface area contributed by atoms with Crippen LogP contribution in [0.2, 0.25) is 0 Å². The lowest BCUT2D eigenvalue weighted by atomic mass is 10.1. The number of hydrogen-bond donors (Lipinski definition) is 1. The van der Waals surface area contributed by atoms with Gasteiger partial charge >= 0.3 is 0 Å². The van der Waals surface area contributed by atoms with Gasteiger partial charge in [0.1, 0.15) is 11.5 Å². The molecule has 0 fully saturated rings. The molecule has 0 aliphatic carbocycles. The van der Waals surface area contributed by atoms with Gasteiger partial charge in [0.05, 0.1) is 13.7 Å². The van der Waals surface area contributed by atoms with E-state index in [2.05, 4.69) is 0 Å². The summed E-state index contributed by atoms with van der Waals surface area (Å²) in [5.41, 5.74) is 6.91. The van der Waals surface area contributed by atoms with Crippen molar-refractivity contribution in [3.05, 3.63) is 23.8 Å². The summed E-state index contributed by atoms with van der Waals surface area (Å²) in [6.45, 7) is 6.00. The van der Waals surface area contributed by atoms with Gasteiger partial charge in [-0.3, -0.25) is 0 Å². The van der Waals surface area contributed by atoms with E-state index in [1.54, 1.807) is 7.11 Å². The van der Waals surface area contributed by atoms with Crippen molar-refractivity contribution in [1.29, 1.82) is 0 Å². The predicted octanol–water partition coefficient (Wildman–Crippen LogP) is 2.52. The molecule has 1 aromatic carbocycles. The summed E-state index contributed by atoms with van der Waals surface area (Å²) in [6.07, 6.45) is 0.865. The Bertz CT molecular complexity index is 353. The van der Waals surface area contributed by atoms with E-state index in [4.69, 9.17) is 19.9 Å². The van der Waals surface area contributed by atoms with E-state index in [0.717, 1.165) is 30.1 Å². The summed E-state index contributed by atoms with van der Waals surface area (Å²) in [5, 5.41) is 0. The van der Waals surface area contributed by atoms with Gasteiger partial charge in [-0.15, -0.1) is 0 Å². The highest BCUT2D eigenvalue weighted by Crippen LogP contribution is 2.28. The fourth-order valence-corrected chi connectivity index (χ4v) is 1.63. The predicted molar refractivity (Wildman–Crippen MR) is 72.2 cm³/mol. The van der Waals surface area contributed by atoms with Crippen LogP contribution in [0.3, 0.4) is 0 Å². The van der Waals surface area contributed by atoms with Crippen molar-refractivity contribution < 1.29 is 14.2 Å². The van der Waals surface area contributed by atoms with Gasteiger partial charge in [-0.05, 0) is 19.9 Å². The zero-order valence-electron chi connectivity index (χ0n) is 11.4. The van der Waals surface area contributed by atoms with Gasteiger partial charge in [0.15, 0.2) is 0 Å². The Morgan fingerprint density at radius 1 is 1.28 bits per heavy atom. The van der Waals surface area contributed by atoms with E-state index in [1.807, 2.05) is 32.0 Å². The number of methoxy groups -OCH3 is 1. The van der Waals surface area contributed by atoms with E-state index in [0.29, 0.717) is 13.2 Å². The van der Waals surface area contributed by atoms with Crippen molar-refractivity contribution in [3.63, 3.8) is 0 Å². The first-order chi connectivity index (χ1) is 8.69. The molecular weight excluding hydrogens is 230 g/mol. The second-order valence-electron chi connectivity index (χ2n) is 4.09. The van der Waals surface area contributed by atoms with Crippen LogP contribution < -0.4 is 15.2 Å². The Hall–Kier alpha value is -1.26. The molecule has 0 spiro atoms. The lowest BCUT2D eigenvalue weighted by Gasteiger charge is -2.15. The fourth-order valence-electron chi connectivity index (χ4n) is 1.63. The molecule has 0 bridgehead atoms. The van der Waals surface area contributed by atoms with Crippen molar-refractivity contribution in [1.82, 2.24) is 0 Å². The molecule has 0 aromatic heterocycles. The molecule has 0 saturated carbocycles. The summed E-state index contributed by atoms with van der Waals surface area (Å²) in [4.78, 5) is 0. The van der Waals surface area contributed by atoms with Crippen LogP contribution in [0.15, 0.2) is 18.2 Å². The second-order valence-corrected chi connectivity index (χ2v) is 4.09. The molecule has 102 valence electrons. The summed E-state index contributed by atoms with van der Waals surface area (Å²) in [5.74, 6) is 1.57. The van der Waals surface area contributed by atoms with Crippen LogP contribution >= 0.6 is 0 Å². The maximum absolute atomic E-state index is 5.91. The minimum absolute atomic E-state index is 0.0576. The van der Waals surface area contributed by atoms with Gasteiger partial charge in [-0.1, -0.05) is 6.07 Å². The topological polar surface area (TPSA) is 53.7 Å². The average molecular weight is 253 g/mol. The highest BCUT2D eigenvalue weighted by molar-refractivity contribution is 5.42. The lowest BCUT2D eigenvalue weighted by Crippen LogP contribution is -2.10. The molecule has 0 aliphatic heterocycles. The highest BCUT2D eigenvalue weighted by Gasteiger charge is 2.09. The Morgan fingerprint density at radius 2 is 2.06 bits per heavy atom. The molecule has 0 amide bonds. The molecule has 18 heavy (non-hydrogen) atoms. The number of benzene rings is 1. The van der Waals surface area contributed by atoms with Crippen molar-refractivity contribution >= 4 is 0 Å². The molecule has 4 heteroatoms. The molecule has 0 aliphatic rings. The molecule has 4 nitrogen and oxygen atoms in total. The number of nitrogens with two attached hydrogens (primary N) is 1.